The highest BCUT2D eigenvalue weighted by atomic mass is 15.1. The largest absolute Gasteiger partial charge is 0.343 e. The highest BCUT2D eigenvalue weighted by Crippen LogP contribution is 2.35. The Bertz CT molecular complexity index is 863. The summed E-state index contributed by atoms with van der Waals surface area (Å²) in [5.41, 5.74) is 7.47. The molecule has 0 spiro atoms. The Kier molecular flexibility index (Phi) is 3.85. The van der Waals surface area contributed by atoms with Gasteiger partial charge in [-0.15, -0.1) is 0 Å². The second-order valence-electron chi connectivity index (χ2n) is 7.17. The second-order valence-corrected chi connectivity index (χ2v) is 7.17. The molecule has 1 aliphatic rings. The van der Waals surface area contributed by atoms with Crippen molar-refractivity contribution in [3.8, 4) is 0 Å². The summed E-state index contributed by atoms with van der Waals surface area (Å²) in [6, 6.07) is 6.56. The number of fused-ring (bicyclic) bond motifs is 3. The van der Waals surface area contributed by atoms with Gasteiger partial charge in [-0.25, -0.2) is 4.98 Å². The summed E-state index contributed by atoms with van der Waals surface area (Å²) in [5, 5.41) is 1.29. The van der Waals surface area contributed by atoms with Crippen molar-refractivity contribution in [1.82, 2.24) is 19.9 Å². The van der Waals surface area contributed by atoms with Crippen molar-refractivity contribution in [2.24, 2.45) is 0 Å². The van der Waals surface area contributed by atoms with Gasteiger partial charge in [0.25, 0.3) is 0 Å². The van der Waals surface area contributed by atoms with Crippen LogP contribution in [-0.2, 0) is 13.0 Å². The summed E-state index contributed by atoms with van der Waals surface area (Å²) in [7, 11) is 2.21. The Hall–Kier alpha value is -2.20. The predicted molar refractivity (Wildman–Crippen MR) is 97.2 cm³/mol. The summed E-state index contributed by atoms with van der Waals surface area (Å²) < 4.78 is 0. The fourth-order valence-corrected chi connectivity index (χ4v) is 3.79. The first kappa shape index (κ1) is 15.3. The number of hydrogen-bond donors (Lipinski definition) is 1. The maximum Gasteiger partial charge on any atom is 0.137 e. The van der Waals surface area contributed by atoms with Crippen LogP contribution in [0, 0.1) is 13.8 Å². The van der Waals surface area contributed by atoms with Crippen LogP contribution < -0.4 is 0 Å². The number of likely N-dealkylation sites (N-methyl/N-ethyl adjacent to an activating group) is 1. The molecule has 0 amide bonds. The number of nitrogens with one attached hydrogen (secondary N) is 1. The molecule has 0 bridgehead atoms. The van der Waals surface area contributed by atoms with Crippen molar-refractivity contribution in [3.63, 3.8) is 0 Å². The van der Waals surface area contributed by atoms with E-state index in [9.17, 15) is 0 Å². The van der Waals surface area contributed by atoms with Crippen LogP contribution in [0.3, 0.4) is 0 Å². The Morgan fingerprint density at radius 2 is 2.08 bits per heavy atom. The van der Waals surface area contributed by atoms with Gasteiger partial charge in [-0.3, -0.25) is 4.98 Å². The minimum Gasteiger partial charge on any atom is -0.343 e. The van der Waals surface area contributed by atoms with Gasteiger partial charge in [-0.2, -0.15) is 0 Å². The Labute approximate surface area is 142 Å². The quantitative estimate of drug-likeness (QED) is 0.799. The smallest absolute Gasteiger partial charge is 0.137 e. The summed E-state index contributed by atoms with van der Waals surface area (Å²) in [6.07, 6.45) is 6.15. The zero-order valence-corrected chi connectivity index (χ0v) is 14.6. The predicted octanol–water partition coefficient (Wildman–Crippen LogP) is 3.74. The van der Waals surface area contributed by atoms with Crippen LogP contribution in [0.1, 0.15) is 40.4 Å². The van der Waals surface area contributed by atoms with Gasteiger partial charge in [0.05, 0.1) is 0 Å². The molecule has 3 aromatic heterocycles. The molecule has 1 aliphatic heterocycles. The van der Waals surface area contributed by atoms with Gasteiger partial charge in [0, 0.05) is 48.2 Å². The lowest BCUT2D eigenvalue weighted by molar-refractivity contribution is 0.274. The van der Waals surface area contributed by atoms with E-state index in [0.717, 1.165) is 37.3 Å². The number of aromatic nitrogens is 3. The lowest BCUT2D eigenvalue weighted by Crippen LogP contribution is -2.30. The van der Waals surface area contributed by atoms with Crippen molar-refractivity contribution in [1.29, 1.82) is 0 Å². The minimum absolute atomic E-state index is 0.523. The van der Waals surface area contributed by atoms with Crippen LogP contribution in [0.5, 0.6) is 0 Å². The number of rotatable bonds is 3. The van der Waals surface area contributed by atoms with Gasteiger partial charge in [-0.1, -0.05) is 6.07 Å². The third kappa shape index (κ3) is 2.82. The van der Waals surface area contributed by atoms with Gasteiger partial charge in [0.2, 0.25) is 0 Å². The summed E-state index contributed by atoms with van der Waals surface area (Å²) >= 11 is 0. The number of pyridine rings is 2. The molecule has 0 saturated carbocycles. The topological polar surface area (TPSA) is 44.8 Å². The molecule has 4 heterocycles. The summed E-state index contributed by atoms with van der Waals surface area (Å²) in [5.74, 6) is 0.523. The van der Waals surface area contributed by atoms with Crippen molar-refractivity contribution >= 4 is 11.0 Å². The Balaban J connectivity index is 1.63. The van der Waals surface area contributed by atoms with E-state index in [4.69, 9.17) is 0 Å². The molecule has 4 nitrogen and oxygen atoms in total. The molecular formula is C20H24N4. The zero-order valence-electron chi connectivity index (χ0n) is 14.6. The van der Waals surface area contributed by atoms with E-state index in [-0.39, 0.29) is 0 Å². The fraction of sp³-hybridized carbons (Fsp3) is 0.400. The van der Waals surface area contributed by atoms with Crippen LogP contribution >= 0.6 is 0 Å². The van der Waals surface area contributed by atoms with Crippen molar-refractivity contribution < 1.29 is 0 Å². The van der Waals surface area contributed by atoms with E-state index in [1.165, 1.54) is 27.8 Å². The third-order valence-electron chi connectivity index (χ3n) is 5.05. The van der Waals surface area contributed by atoms with E-state index in [1.807, 2.05) is 19.3 Å². The van der Waals surface area contributed by atoms with Gasteiger partial charge in [0.15, 0.2) is 0 Å². The molecule has 4 rings (SSSR count). The Morgan fingerprint density at radius 1 is 1.21 bits per heavy atom. The Morgan fingerprint density at radius 3 is 2.88 bits per heavy atom. The van der Waals surface area contributed by atoms with Crippen molar-refractivity contribution in [3.05, 3.63) is 58.7 Å². The van der Waals surface area contributed by atoms with Crippen molar-refractivity contribution in [2.45, 2.75) is 39.2 Å². The van der Waals surface area contributed by atoms with Gasteiger partial charge in [-0.05, 0) is 62.6 Å². The van der Waals surface area contributed by atoms with Crippen LogP contribution in [0.25, 0.3) is 11.0 Å². The van der Waals surface area contributed by atoms with E-state index < -0.39 is 0 Å². The monoisotopic (exact) mass is 320 g/mol. The van der Waals surface area contributed by atoms with Crippen molar-refractivity contribution in [2.75, 3.05) is 13.6 Å². The third-order valence-corrected chi connectivity index (χ3v) is 5.05. The molecule has 1 N–H and O–H groups in total. The van der Waals surface area contributed by atoms with Gasteiger partial charge < -0.3 is 9.88 Å². The van der Waals surface area contributed by atoms with Crippen LogP contribution in [-0.4, -0.2) is 33.4 Å². The maximum absolute atomic E-state index is 4.59. The van der Waals surface area contributed by atoms with E-state index >= 15 is 0 Å². The minimum atomic E-state index is 0.523. The van der Waals surface area contributed by atoms with Gasteiger partial charge >= 0.3 is 0 Å². The van der Waals surface area contributed by atoms with E-state index in [1.54, 1.807) is 0 Å². The SMILES string of the molecule is Cc1cnc2[nH]c3c(c2c1)CN(C)CC3CCc1ccc(C)nc1. The van der Waals surface area contributed by atoms with Gasteiger partial charge in [0.1, 0.15) is 5.65 Å². The van der Waals surface area contributed by atoms with Crippen LogP contribution in [0.15, 0.2) is 30.6 Å². The number of hydrogen-bond acceptors (Lipinski definition) is 3. The highest BCUT2D eigenvalue weighted by Gasteiger charge is 2.27. The van der Waals surface area contributed by atoms with Crippen LogP contribution in [0.4, 0.5) is 0 Å². The second kappa shape index (κ2) is 6.02. The molecule has 0 aliphatic carbocycles. The fourth-order valence-electron chi connectivity index (χ4n) is 3.79. The molecule has 1 atom stereocenters. The molecule has 3 aromatic rings. The number of aromatic amines is 1. The first-order valence-corrected chi connectivity index (χ1v) is 8.67. The molecule has 4 heteroatoms. The number of aryl methyl sites for hydroxylation is 3. The molecule has 0 aromatic carbocycles. The first-order chi connectivity index (χ1) is 11.6. The molecule has 0 radical (unpaired) electrons. The lowest BCUT2D eigenvalue weighted by atomic mass is 9.90. The molecule has 0 saturated heterocycles. The standard InChI is InChI=1S/C20H24N4/c1-13-8-17-18-12-24(3)11-16(19(18)23-20(17)22-9-13)7-6-15-5-4-14(2)21-10-15/h4-5,8-10,16H,6-7,11-12H2,1-3H3,(H,22,23). The lowest BCUT2D eigenvalue weighted by Gasteiger charge is -2.30. The molecule has 0 fully saturated rings. The zero-order chi connectivity index (χ0) is 16.7. The van der Waals surface area contributed by atoms with E-state index in [0.29, 0.717) is 5.92 Å². The first-order valence-electron chi connectivity index (χ1n) is 8.67. The number of H-pyrrole nitrogens is 1. The molecule has 24 heavy (non-hydrogen) atoms. The maximum atomic E-state index is 4.59. The summed E-state index contributed by atoms with van der Waals surface area (Å²) in [4.78, 5) is 15.0. The average molecular weight is 320 g/mol. The number of nitrogens with zero attached hydrogens (tertiary/aromatic N) is 3. The highest BCUT2D eigenvalue weighted by molar-refractivity contribution is 5.82. The molecule has 1 unspecified atom stereocenters. The molecular weight excluding hydrogens is 296 g/mol. The molecule has 124 valence electrons. The van der Waals surface area contributed by atoms with Crippen LogP contribution in [0.2, 0.25) is 0 Å². The average Bonchev–Trinajstić information content (AvgIpc) is 2.92. The van der Waals surface area contributed by atoms with E-state index in [2.05, 4.69) is 52.0 Å². The normalized spacial score (nSPS) is 18.0. The summed E-state index contributed by atoms with van der Waals surface area (Å²) in [6.45, 7) is 6.24.